The van der Waals surface area contributed by atoms with Gasteiger partial charge in [0.15, 0.2) is 18.5 Å². The fraction of sp³-hybridized carbons (Fsp3) is 0.400. The van der Waals surface area contributed by atoms with E-state index in [4.69, 9.17) is 18.9 Å². The predicted octanol–water partition coefficient (Wildman–Crippen LogP) is 4.64. The molecule has 1 fully saturated rings. The van der Waals surface area contributed by atoms with Crippen molar-refractivity contribution in [2.75, 3.05) is 6.61 Å². The summed E-state index contributed by atoms with van der Waals surface area (Å²) in [6, 6.07) is 28.0. The highest BCUT2D eigenvalue weighted by Crippen LogP contribution is 2.41. The van der Waals surface area contributed by atoms with Crippen molar-refractivity contribution in [1.29, 1.82) is 0 Å². The molecule has 5 atom stereocenters. The van der Waals surface area contributed by atoms with Gasteiger partial charge >= 0.3 is 11.9 Å². The molecule has 0 radical (unpaired) electrons. The van der Waals surface area contributed by atoms with Crippen LogP contribution in [-0.4, -0.2) is 60.2 Å². The van der Waals surface area contributed by atoms with Crippen molar-refractivity contribution in [3.63, 3.8) is 0 Å². The monoisotopic (exact) mass is 603 g/mol. The molecule has 0 aliphatic carbocycles. The van der Waals surface area contributed by atoms with Crippen molar-refractivity contribution in [1.82, 2.24) is 5.32 Å². The Balaban J connectivity index is 1.79. The molecule has 0 aromatic heterocycles. The molecule has 9 nitrogen and oxygen atoms in total. The number of benzene rings is 3. The molecule has 4 rings (SSSR count). The zero-order chi connectivity index (χ0) is 31.5. The highest BCUT2D eigenvalue weighted by Gasteiger charge is 2.51. The molecule has 0 saturated carbocycles. The average molecular weight is 604 g/mol. The summed E-state index contributed by atoms with van der Waals surface area (Å²) >= 11 is 0. The van der Waals surface area contributed by atoms with Crippen LogP contribution in [0.25, 0.3) is 0 Å². The van der Waals surface area contributed by atoms with Crippen molar-refractivity contribution >= 4 is 17.8 Å². The first-order valence-electron chi connectivity index (χ1n) is 15.1. The van der Waals surface area contributed by atoms with E-state index >= 15 is 0 Å². The molecule has 2 N–H and O–H groups in total. The molecule has 1 aliphatic heterocycles. The van der Waals surface area contributed by atoms with E-state index in [9.17, 15) is 19.5 Å². The molecule has 1 saturated heterocycles. The van der Waals surface area contributed by atoms with Crippen LogP contribution in [0, 0.1) is 0 Å². The highest BCUT2D eigenvalue weighted by atomic mass is 16.7. The Morgan fingerprint density at radius 1 is 0.750 bits per heavy atom. The largest absolute Gasteiger partial charge is 0.456 e. The minimum absolute atomic E-state index is 0.107. The smallest absolute Gasteiger partial charge is 0.306 e. The normalized spacial score (nSPS) is 21.7. The second kappa shape index (κ2) is 15.6. The number of esters is 2. The summed E-state index contributed by atoms with van der Waals surface area (Å²) in [7, 11) is 0. The molecular formula is C35H41NO8. The molecule has 1 amide bonds. The standard InChI is InChI=1S/C35H41NO8/c1-4-15-29(38)43-32-28(42-34(40)31(36-24(3)37)33(32)44-30(39)16-5-2)23-41-35(25-17-9-6-10-18-25,26-19-11-7-12-20-26)27-21-13-8-14-22-27/h6-14,17-22,28,31-34,40H,4-5,15-16,23H2,1-3H3,(H,36,37)/t28-,31-,32-,33-,34?/m1/s1. The first kappa shape index (κ1) is 32.9. The molecule has 9 heteroatoms. The maximum atomic E-state index is 12.9. The Kier molecular flexibility index (Phi) is 11.7. The Morgan fingerprint density at radius 2 is 1.18 bits per heavy atom. The van der Waals surface area contributed by atoms with Gasteiger partial charge in [-0.05, 0) is 29.5 Å². The molecule has 1 heterocycles. The third kappa shape index (κ3) is 7.72. The second-order valence-electron chi connectivity index (χ2n) is 10.8. The number of hydrogen-bond acceptors (Lipinski definition) is 8. The van der Waals surface area contributed by atoms with E-state index in [1.807, 2.05) is 105 Å². The van der Waals surface area contributed by atoms with Gasteiger partial charge in [-0.25, -0.2) is 0 Å². The van der Waals surface area contributed by atoms with Crippen molar-refractivity contribution in [3.8, 4) is 0 Å². The van der Waals surface area contributed by atoms with E-state index in [1.54, 1.807) is 0 Å². The first-order chi connectivity index (χ1) is 21.3. The number of aliphatic hydroxyl groups excluding tert-OH is 1. The maximum absolute atomic E-state index is 12.9. The third-order valence-corrected chi connectivity index (χ3v) is 7.48. The Hall–Kier alpha value is -4.05. The lowest BCUT2D eigenvalue weighted by Gasteiger charge is -2.45. The fourth-order valence-electron chi connectivity index (χ4n) is 5.53. The number of carbonyl (C=O) groups excluding carboxylic acids is 3. The zero-order valence-electron chi connectivity index (χ0n) is 25.4. The quantitative estimate of drug-likeness (QED) is 0.214. The summed E-state index contributed by atoms with van der Waals surface area (Å²) in [5.41, 5.74) is 1.40. The Morgan fingerprint density at radius 3 is 1.59 bits per heavy atom. The number of hydrogen-bond donors (Lipinski definition) is 2. The molecule has 3 aromatic rings. The van der Waals surface area contributed by atoms with Crippen molar-refractivity contribution in [2.24, 2.45) is 0 Å². The number of ether oxygens (including phenoxy) is 4. The van der Waals surface area contributed by atoms with Crippen molar-refractivity contribution in [3.05, 3.63) is 108 Å². The van der Waals surface area contributed by atoms with Crippen LogP contribution < -0.4 is 5.32 Å². The van der Waals surface area contributed by atoms with Gasteiger partial charge in [0, 0.05) is 19.8 Å². The topological polar surface area (TPSA) is 120 Å². The molecule has 234 valence electrons. The lowest BCUT2D eigenvalue weighted by Crippen LogP contribution is -2.66. The van der Waals surface area contributed by atoms with E-state index in [-0.39, 0.29) is 19.4 Å². The summed E-state index contributed by atoms with van der Waals surface area (Å²) in [5.74, 6) is -1.55. The van der Waals surface area contributed by atoms with Crippen molar-refractivity contribution < 1.29 is 38.4 Å². The van der Waals surface area contributed by atoms with E-state index in [0.717, 1.165) is 16.7 Å². The number of carbonyl (C=O) groups is 3. The predicted molar refractivity (Wildman–Crippen MR) is 163 cm³/mol. The van der Waals surface area contributed by atoms with Gasteiger partial charge in [-0.15, -0.1) is 0 Å². The van der Waals surface area contributed by atoms with Gasteiger partial charge in [-0.1, -0.05) is 105 Å². The van der Waals surface area contributed by atoms with Gasteiger partial charge in [0.1, 0.15) is 17.7 Å². The Bertz CT molecular complexity index is 1250. The van der Waals surface area contributed by atoms with Crippen LogP contribution >= 0.6 is 0 Å². The van der Waals surface area contributed by atoms with E-state index in [0.29, 0.717) is 12.8 Å². The van der Waals surface area contributed by atoms with E-state index in [2.05, 4.69) is 5.32 Å². The number of amides is 1. The van der Waals surface area contributed by atoms with Gasteiger partial charge in [-0.3, -0.25) is 14.4 Å². The molecule has 0 bridgehead atoms. The molecule has 1 unspecified atom stereocenters. The SMILES string of the molecule is CCCC(=O)O[C@H]1[C@H](OC(=O)CCC)[C@@H](NC(C)=O)C(O)O[C@@H]1COC(c1ccccc1)(c1ccccc1)c1ccccc1. The summed E-state index contributed by atoms with van der Waals surface area (Å²) in [4.78, 5) is 37.7. The van der Waals surface area contributed by atoms with Gasteiger partial charge in [0.2, 0.25) is 5.91 Å². The van der Waals surface area contributed by atoms with Crippen LogP contribution in [0.2, 0.25) is 0 Å². The summed E-state index contributed by atoms with van der Waals surface area (Å²) in [6.45, 7) is 4.78. The minimum Gasteiger partial charge on any atom is -0.456 e. The Labute approximate surface area is 258 Å². The zero-order valence-corrected chi connectivity index (χ0v) is 25.4. The van der Waals surface area contributed by atoms with Crippen LogP contribution in [0.3, 0.4) is 0 Å². The number of aliphatic hydroxyl groups is 1. The summed E-state index contributed by atoms with van der Waals surface area (Å²) in [5, 5.41) is 13.7. The summed E-state index contributed by atoms with van der Waals surface area (Å²) in [6.07, 6.45) is -3.77. The molecule has 3 aromatic carbocycles. The van der Waals surface area contributed by atoms with Gasteiger partial charge in [-0.2, -0.15) is 0 Å². The minimum atomic E-state index is -1.58. The van der Waals surface area contributed by atoms with Gasteiger partial charge in [0.25, 0.3) is 0 Å². The molecule has 0 spiro atoms. The van der Waals surface area contributed by atoms with Gasteiger partial charge < -0.3 is 29.4 Å². The molecule has 1 aliphatic rings. The second-order valence-corrected chi connectivity index (χ2v) is 10.8. The van der Waals surface area contributed by atoms with Crippen LogP contribution in [0.5, 0.6) is 0 Å². The van der Waals surface area contributed by atoms with Crippen molar-refractivity contribution in [2.45, 2.75) is 82.7 Å². The van der Waals surface area contributed by atoms with Crippen LogP contribution in [0.1, 0.15) is 63.1 Å². The van der Waals surface area contributed by atoms with Crippen LogP contribution in [0.4, 0.5) is 0 Å². The van der Waals surface area contributed by atoms with Gasteiger partial charge in [0.05, 0.1) is 6.61 Å². The first-order valence-corrected chi connectivity index (χ1v) is 15.1. The highest BCUT2D eigenvalue weighted by molar-refractivity contribution is 5.74. The van der Waals surface area contributed by atoms with Crippen LogP contribution in [-0.2, 0) is 38.9 Å². The number of nitrogens with one attached hydrogen (secondary N) is 1. The fourth-order valence-corrected chi connectivity index (χ4v) is 5.53. The van der Waals surface area contributed by atoms with E-state index < -0.39 is 54.1 Å². The third-order valence-electron chi connectivity index (χ3n) is 7.48. The average Bonchev–Trinajstić information content (AvgIpc) is 3.02. The molecule has 44 heavy (non-hydrogen) atoms. The van der Waals surface area contributed by atoms with Crippen LogP contribution in [0.15, 0.2) is 91.0 Å². The maximum Gasteiger partial charge on any atom is 0.306 e. The molecular weight excluding hydrogens is 562 g/mol. The lowest BCUT2D eigenvalue weighted by molar-refractivity contribution is -0.270. The number of rotatable bonds is 13. The van der Waals surface area contributed by atoms with E-state index in [1.165, 1.54) is 6.92 Å². The summed E-state index contributed by atoms with van der Waals surface area (Å²) < 4.78 is 24.6. The lowest BCUT2D eigenvalue weighted by atomic mass is 9.80.